The number of alkyl halides is 3. The largest absolute Gasteiger partial charge is 0.416 e. The van der Waals surface area contributed by atoms with Crippen LogP contribution in [0.15, 0.2) is 30.5 Å². The second kappa shape index (κ2) is 4.45. The third-order valence-electron chi connectivity index (χ3n) is 2.69. The van der Waals surface area contributed by atoms with E-state index in [1.54, 1.807) is 0 Å². The number of H-pyrrole nitrogens is 1. The van der Waals surface area contributed by atoms with Crippen molar-refractivity contribution < 1.29 is 13.2 Å². The van der Waals surface area contributed by atoms with E-state index >= 15 is 0 Å². The summed E-state index contributed by atoms with van der Waals surface area (Å²) in [5, 5.41) is 0.0696. The van der Waals surface area contributed by atoms with Crippen LogP contribution in [0.5, 0.6) is 0 Å². The number of benzene rings is 1. The number of aromatic amines is 1. The number of fused-ring (bicyclic) bond motifs is 1. The van der Waals surface area contributed by atoms with Crippen LogP contribution in [0.2, 0.25) is 5.28 Å². The number of hydrogen-bond donors (Lipinski definition) is 1. The van der Waals surface area contributed by atoms with Crippen LogP contribution in [0.1, 0.15) is 5.56 Å². The zero-order chi connectivity index (χ0) is 14.3. The van der Waals surface area contributed by atoms with Crippen LogP contribution >= 0.6 is 11.6 Å². The minimum atomic E-state index is -4.36. The van der Waals surface area contributed by atoms with Crippen molar-refractivity contribution in [1.29, 1.82) is 0 Å². The van der Waals surface area contributed by atoms with Crippen LogP contribution < -0.4 is 0 Å². The van der Waals surface area contributed by atoms with Crippen LogP contribution in [0.3, 0.4) is 0 Å². The highest BCUT2D eigenvalue weighted by molar-refractivity contribution is 6.28. The highest BCUT2D eigenvalue weighted by atomic mass is 35.5. The van der Waals surface area contributed by atoms with Crippen molar-refractivity contribution in [3.8, 4) is 11.4 Å². The molecule has 1 aromatic carbocycles. The summed E-state index contributed by atoms with van der Waals surface area (Å²) in [5.41, 5.74) is 0.733. The smallest absolute Gasteiger partial charge is 0.322 e. The predicted octanol–water partition coefficient (Wildman–Crippen LogP) is 3.69. The van der Waals surface area contributed by atoms with Gasteiger partial charge < -0.3 is 4.98 Å². The average Bonchev–Trinajstić information content (AvgIpc) is 2.80. The molecule has 1 N–H and O–H groups in total. The minimum Gasteiger partial charge on any atom is -0.322 e. The van der Waals surface area contributed by atoms with Gasteiger partial charge in [-0.15, -0.1) is 0 Å². The summed E-state index contributed by atoms with van der Waals surface area (Å²) in [5.74, 6) is 0.408. The number of rotatable bonds is 1. The molecule has 0 spiro atoms. The predicted molar refractivity (Wildman–Crippen MR) is 67.1 cm³/mol. The molecule has 0 unspecified atom stereocenters. The van der Waals surface area contributed by atoms with Crippen molar-refractivity contribution in [1.82, 2.24) is 19.9 Å². The Labute approximate surface area is 115 Å². The molecule has 3 aromatic rings. The normalized spacial score (nSPS) is 12.0. The van der Waals surface area contributed by atoms with E-state index < -0.39 is 11.7 Å². The molecule has 0 bridgehead atoms. The zero-order valence-electron chi connectivity index (χ0n) is 9.74. The van der Waals surface area contributed by atoms with Crippen LogP contribution in [-0.4, -0.2) is 19.9 Å². The first kappa shape index (κ1) is 12.9. The minimum absolute atomic E-state index is 0.0696. The van der Waals surface area contributed by atoms with Gasteiger partial charge in [0.15, 0.2) is 5.65 Å². The lowest BCUT2D eigenvalue weighted by atomic mass is 10.1. The van der Waals surface area contributed by atoms with Gasteiger partial charge >= 0.3 is 6.18 Å². The van der Waals surface area contributed by atoms with Gasteiger partial charge in [-0.2, -0.15) is 18.2 Å². The quantitative estimate of drug-likeness (QED) is 0.697. The number of halogens is 4. The maximum Gasteiger partial charge on any atom is 0.416 e. The SMILES string of the molecule is FC(F)(F)c1ccc(-c2nc3cnc(Cl)nc3[nH]2)cc1. The molecule has 8 heteroatoms. The molecule has 0 amide bonds. The van der Waals surface area contributed by atoms with E-state index in [1.165, 1.54) is 18.3 Å². The summed E-state index contributed by atoms with van der Waals surface area (Å²) in [7, 11) is 0. The molecule has 0 saturated carbocycles. The third kappa shape index (κ3) is 2.32. The molecule has 2 aromatic heterocycles. The van der Waals surface area contributed by atoms with Gasteiger partial charge in [-0.05, 0) is 23.7 Å². The van der Waals surface area contributed by atoms with Gasteiger partial charge in [0, 0.05) is 5.56 Å². The van der Waals surface area contributed by atoms with Gasteiger partial charge in [-0.25, -0.2) is 9.97 Å². The van der Waals surface area contributed by atoms with Gasteiger partial charge in [0.25, 0.3) is 0 Å². The van der Waals surface area contributed by atoms with Crippen LogP contribution in [0.25, 0.3) is 22.6 Å². The van der Waals surface area contributed by atoms with Crippen molar-refractivity contribution in [2.45, 2.75) is 6.18 Å². The fourth-order valence-corrected chi connectivity index (χ4v) is 1.88. The van der Waals surface area contributed by atoms with Crippen LogP contribution in [0.4, 0.5) is 13.2 Å². The van der Waals surface area contributed by atoms with Crippen LogP contribution in [-0.2, 0) is 6.18 Å². The van der Waals surface area contributed by atoms with E-state index in [4.69, 9.17) is 11.6 Å². The Morgan fingerprint density at radius 1 is 1.05 bits per heavy atom. The van der Waals surface area contributed by atoms with E-state index in [2.05, 4.69) is 19.9 Å². The average molecular weight is 299 g/mol. The molecule has 0 saturated heterocycles. The lowest BCUT2D eigenvalue weighted by molar-refractivity contribution is -0.137. The molecule has 20 heavy (non-hydrogen) atoms. The summed E-state index contributed by atoms with van der Waals surface area (Å²) in [6.45, 7) is 0. The number of nitrogens with one attached hydrogen (secondary N) is 1. The van der Waals surface area contributed by atoms with Gasteiger partial charge in [-0.1, -0.05) is 12.1 Å². The Bertz CT molecular complexity index is 764. The van der Waals surface area contributed by atoms with Crippen molar-refractivity contribution in [2.24, 2.45) is 0 Å². The zero-order valence-corrected chi connectivity index (χ0v) is 10.5. The second-order valence-electron chi connectivity index (χ2n) is 4.03. The maximum absolute atomic E-state index is 12.5. The van der Waals surface area contributed by atoms with Crippen LogP contribution in [0, 0.1) is 0 Å². The number of nitrogens with zero attached hydrogens (tertiary/aromatic N) is 3. The van der Waals surface area contributed by atoms with Crippen molar-refractivity contribution in [3.63, 3.8) is 0 Å². The van der Waals surface area contributed by atoms with Crippen molar-refractivity contribution in [2.75, 3.05) is 0 Å². The molecule has 3 rings (SSSR count). The Morgan fingerprint density at radius 3 is 2.40 bits per heavy atom. The molecule has 0 aliphatic rings. The summed E-state index contributed by atoms with van der Waals surface area (Å²) in [4.78, 5) is 14.8. The van der Waals surface area contributed by atoms with Gasteiger partial charge in [0.05, 0.1) is 11.8 Å². The lowest BCUT2D eigenvalue weighted by Crippen LogP contribution is -2.04. The monoisotopic (exact) mass is 298 g/mol. The molecule has 102 valence electrons. The summed E-state index contributed by atoms with van der Waals surface area (Å²) < 4.78 is 37.4. The standard InChI is InChI=1S/C12H6ClF3N4/c13-11-17-5-8-10(20-11)19-9(18-8)6-1-3-7(4-2-6)12(14,15)16/h1-5H,(H,17,18,19,20). The Hall–Kier alpha value is -2.15. The Kier molecular flexibility index (Phi) is 2.86. The van der Waals surface area contributed by atoms with Gasteiger partial charge in [0.2, 0.25) is 5.28 Å². The molecule has 4 nitrogen and oxygen atoms in total. The third-order valence-corrected chi connectivity index (χ3v) is 2.88. The first-order chi connectivity index (χ1) is 9.43. The molecular weight excluding hydrogens is 293 g/mol. The highest BCUT2D eigenvalue weighted by Crippen LogP contribution is 2.30. The van der Waals surface area contributed by atoms with Gasteiger partial charge in [-0.3, -0.25) is 0 Å². The summed E-state index contributed by atoms with van der Waals surface area (Å²) in [6.07, 6.45) is -2.92. The fourth-order valence-electron chi connectivity index (χ4n) is 1.74. The van der Waals surface area contributed by atoms with Gasteiger partial charge in [0.1, 0.15) is 11.3 Å². The van der Waals surface area contributed by atoms with E-state index in [9.17, 15) is 13.2 Å². The molecule has 0 aliphatic heterocycles. The molecule has 0 radical (unpaired) electrons. The molecule has 0 atom stereocenters. The lowest BCUT2D eigenvalue weighted by Gasteiger charge is -2.06. The summed E-state index contributed by atoms with van der Waals surface area (Å²) >= 11 is 5.65. The van der Waals surface area contributed by atoms with E-state index in [-0.39, 0.29) is 5.28 Å². The molecule has 2 heterocycles. The maximum atomic E-state index is 12.5. The van der Waals surface area contributed by atoms with E-state index in [0.29, 0.717) is 22.6 Å². The molecular formula is C12H6ClF3N4. The van der Waals surface area contributed by atoms with Crippen molar-refractivity contribution in [3.05, 3.63) is 41.3 Å². The fraction of sp³-hybridized carbons (Fsp3) is 0.0833. The van der Waals surface area contributed by atoms with E-state index in [1.807, 2.05) is 0 Å². The second-order valence-corrected chi connectivity index (χ2v) is 4.37. The topological polar surface area (TPSA) is 54.5 Å². The highest BCUT2D eigenvalue weighted by Gasteiger charge is 2.30. The number of hydrogen-bond acceptors (Lipinski definition) is 3. The molecule has 0 aliphatic carbocycles. The first-order valence-corrected chi connectivity index (χ1v) is 5.87. The number of imidazole rings is 1. The Balaban J connectivity index is 2.02. The number of aromatic nitrogens is 4. The molecule has 0 fully saturated rings. The van der Waals surface area contributed by atoms with E-state index in [0.717, 1.165) is 12.1 Å². The Morgan fingerprint density at radius 2 is 1.75 bits per heavy atom. The van der Waals surface area contributed by atoms with Crippen molar-refractivity contribution >= 4 is 22.8 Å². The summed E-state index contributed by atoms with van der Waals surface area (Å²) in [6, 6.07) is 4.69. The first-order valence-electron chi connectivity index (χ1n) is 5.49.